The summed E-state index contributed by atoms with van der Waals surface area (Å²) in [5.41, 5.74) is 0. The zero-order valence-corrected chi connectivity index (χ0v) is 17.4. The Morgan fingerprint density at radius 2 is 1.58 bits per heavy atom. The first kappa shape index (κ1) is 23.9. The van der Waals surface area contributed by atoms with Crippen molar-refractivity contribution in [2.24, 2.45) is 0 Å². The average Bonchev–Trinajstić information content (AvgIpc) is 2.54. The van der Waals surface area contributed by atoms with Crippen molar-refractivity contribution >= 4 is 9.05 Å². The van der Waals surface area contributed by atoms with Crippen LogP contribution in [0.3, 0.4) is 0 Å². The highest BCUT2D eigenvalue weighted by molar-refractivity contribution is 6.53. The van der Waals surface area contributed by atoms with Gasteiger partial charge >= 0.3 is 9.05 Å². The summed E-state index contributed by atoms with van der Waals surface area (Å²) in [6.07, 6.45) is 2.50. The van der Waals surface area contributed by atoms with Crippen LogP contribution in [0.1, 0.15) is 40.0 Å². The van der Waals surface area contributed by atoms with Crippen LogP contribution in [0.2, 0.25) is 0 Å². The monoisotopic (exact) mass is 366 g/mol. The Balaban J connectivity index is 4.21. The quantitative estimate of drug-likeness (QED) is 0.239. The van der Waals surface area contributed by atoms with Gasteiger partial charge in [0.1, 0.15) is 0 Å². The van der Waals surface area contributed by atoms with Crippen molar-refractivity contribution < 1.29 is 22.4 Å². The van der Waals surface area contributed by atoms with Crippen LogP contribution in [-0.4, -0.2) is 80.9 Å². The van der Waals surface area contributed by atoms with E-state index in [0.29, 0.717) is 19.8 Å². The topological polar surface area (TPSA) is 61.4 Å². The van der Waals surface area contributed by atoms with Gasteiger partial charge < -0.3 is 32.7 Å². The molecular formula is C16H38N2O5Si. The van der Waals surface area contributed by atoms with Crippen molar-refractivity contribution in [1.82, 2.24) is 10.2 Å². The fourth-order valence-corrected chi connectivity index (χ4v) is 3.96. The van der Waals surface area contributed by atoms with E-state index in [1.165, 1.54) is 0 Å². The summed E-state index contributed by atoms with van der Waals surface area (Å²) in [5.74, 6) is 0. The third-order valence-corrected chi connectivity index (χ3v) is 5.61. The number of hydrogen-bond donors (Lipinski definition) is 1. The highest BCUT2D eigenvalue weighted by Gasteiger charge is 2.46. The molecule has 0 aliphatic heterocycles. The molecule has 0 radical (unpaired) electrons. The molecule has 1 atom stereocenters. The third-order valence-electron chi connectivity index (χ3n) is 3.27. The van der Waals surface area contributed by atoms with Gasteiger partial charge in [0.15, 0.2) is 6.29 Å². The molecule has 0 aromatic carbocycles. The Kier molecular flexibility index (Phi) is 15.2. The number of rotatable bonds is 17. The van der Waals surface area contributed by atoms with Crippen LogP contribution in [0.15, 0.2) is 0 Å². The van der Waals surface area contributed by atoms with Crippen LogP contribution in [0.5, 0.6) is 0 Å². The molecule has 24 heavy (non-hydrogen) atoms. The molecule has 0 aliphatic carbocycles. The van der Waals surface area contributed by atoms with Crippen LogP contribution in [0, 0.1) is 0 Å². The van der Waals surface area contributed by atoms with E-state index >= 15 is 0 Å². The van der Waals surface area contributed by atoms with Crippen molar-refractivity contribution in [2.75, 3.05) is 60.7 Å². The fraction of sp³-hybridized carbons (Fsp3) is 1.00. The van der Waals surface area contributed by atoms with Crippen LogP contribution < -0.4 is 5.32 Å². The lowest BCUT2D eigenvalue weighted by atomic mass is 10.3. The predicted molar refractivity (Wildman–Crippen MR) is 97.8 cm³/mol. The van der Waals surface area contributed by atoms with E-state index in [2.05, 4.69) is 24.3 Å². The summed E-state index contributed by atoms with van der Waals surface area (Å²) in [6, 6.07) is 0. The summed E-state index contributed by atoms with van der Waals surface area (Å²) in [6.45, 7) is 10.3. The smallest absolute Gasteiger partial charge is 0.355 e. The molecule has 0 aromatic rings. The molecule has 0 heterocycles. The lowest BCUT2D eigenvalue weighted by Crippen LogP contribution is -2.51. The minimum Gasteiger partial charge on any atom is -0.355 e. The van der Waals surface area contributed by atoms with Gasteiger partial charge in [0, 0.05) is 26.9 Å². The largest absolute Gasteiger partial charge is 0.681 e. The van der Waals surface area contributed by atoms with Crippen molar-refractivity contribution in [1.29, 1.82) is 0 Å². The molecule has 0 bridgehead atoms. The number of hydrogen-bond acceptors (Lipinski definition) is 7. The first-order chi connectivity index (χ1) is 11.5. The summed E-state index contributed by atoms with van der Waals surface area (Å²) in [7, 11) is 2.63. The van der Waals surface area contributed by atoms with Gasteiger partial charge in [0.2, 0.25) is 0 Å². The minimum absolute atomic E-state index is 0.372. The van der Waals surface area contributed by atoms with Crippen LogP contribution >= 0.6 is 0 Å². The summed E-state index contributed by atoms with van der Waals surface area (Å²) < 4.78 is 28.4. The molecule has 0 aliphatic rings. The van der Waals surface area contributed by atoms with E-state index < -0.39 is 9.05 Å². The van der Waals surface area contributed by atoms with E-state index in [1.54, 1.807) is 7.11 Å². The maximum Gasteiger partial charge on any atom is 0.681 e. The van der Waals surface area contributed by atoms with Gasteiger partial charge in [-0.1, -0.05) is 0 Å². The second-order valence-electron chi connectivity index (χ2n) is 5.62. The van der Waals surface area contributed by atoms with Crippen molar-refractivity contribution in [3.63, 3.8) is 0 Å². The zero-order valence-electron chi connectivity index (χ0n) is 16.4. The molecule has 0 amide bonds. The van der Waals surface area contributed by atoms with Crippen LogP contribution in [0.25, 0.3) is 0 Å². The Bertz CT molecular complexity index is 279. The molecule has 0 spiro atoms. The molecule has 1 N–H and O–H groups in total. The molecule has 0 saturated carbocycles. The summed E-state index contributed by atoms with van der Waals surface area (Å²) in [5, 5.41) is 3.45. The summed E-state index contributed by atoms with van der Waals surface area (Å²) >= 11 is 0. The van der Waals surface area contributed by atoms with Gasteiger partial charge in [-0.25, -0.2) is 0 Å². The highest BCUT2D eigenvalue weighted by Crippen LogP contribution is 2.17. The Labute approximate surface area is 149 Å². The lowest BCUT2D eigenvalue weighted by molar-refractivity contribution is -0.146. The van der Waals surface area contributed by atoms with Gasteiger partial charge in [-0.15, -0.1) is 0 Å². The molecule has 146 valence electrons. The summed E-state index contributed by atoms with van der Waals surface area (Å²) in [4.78, 5) is 2.19. The van der Waals surface area contributed by atoms with Crippen molar-refractivity contribution in [3.8, 4) is 0 Å². The molecule has 0 rings (SSSR count). The first-order valence-corrected chi connectivity index (χ1v) is 10.6. The second kappa shape index (κ2) is 15.2. The lowest BCUT2D eigenvalue weighted by Gasteiger charge is -2.30. The molecule has 0 fully saturated rings. The van der Waals surface area contributed by atoms with Crippen molar-refractivity contribution in [3.05, 3.63) is 0 Å². The molecule has 7 nitrogen and oxygen atoms in total. The molecular weight excluding hydrogens is 328 g/mol. The average molecular weight is 367 g/mol. The van der Waals surface area contributed by atoms with E-state index in [-0.39, 0.29) is 6.29 Å². The van der Waals surface area contributed by atoms with E-state index in [4.69, 9.17) is 22.4 Å². The maximum atomic E-state index is 5.98. The maximum absolute atomic E-state index is 5.98. The molecule has 1 unspecified atom stereocenters. The highest BCUT2D eigenvalue weighted by atomic mass is 28.4. The third kappa shape index (κ3) is 11.5. The predicted octanol–water partition coefficient (Wildman–Crippen LogP) is 1.84. The van der Waals surface area contributed by atoms with Gasteiger partial charge in [0.05, 0.1) is 0 Å². The molecule has 8 heteroatoms. The van der Waals surface area contributed by atoms with E-state index in [9.17, 15) is 0 Å². The number of nitrogens with one attached hydrogen (secondary N) is 1. The Morgan fingerprint density at radius 3 is 2.08 bits per heavy atom. The van der Waals surface area contributed by atoms with Gasteiger partial charge in [-0.3, -0.25) is 0 Å². The second-order valence-corrected chi connectivity index (χ2v) is 7.84. The standard InChI is InChI=1S/C16H38N2O5Si/c1-7-20-16(12-10-13-17-14-11-15-18(4)5)23-24(19-6,21-8-2)22-9-3/h16-17H,7-15H2,1-6H3. The van der Waals surface area contributed by atoms with E-state index in [0.717, 1.165) is 38.9 Å². The SMILES string of the molecule is CCOC(CCCNCCCN(C)C)O[Si](OC)(OCC)OCC. The number of ether oxygens (including phenoxy) is 1. The van der Waals surface area contributed by atoms with Gasteiger partial charge in [-0.2, -0.15) is 0 Å². The molecule has 0 aromatic heterocycles. The molecule has 0 saturated heterocycles. The van der Waals surface area contributed by atoms with Crippen molar-refractivity contribution in [2.45, 2.75) is 46.3 Å². The van der Waals surface area contributed by atoms with Crippen LogP contribution in [-0.2, 0) is 22.4 Å². The van der Waals surface area contributed by atoms with Crippen LogP contribution in [0.4, 0.5) is 0 Å². The van der Waals surface area contributed by atoms with Gasteiger partial charge in [-0.05, 0) is 73.8 Å². The normalized spacial score (nSPS) is 13.6. The van der Waals surface area contributed by atoms with Gasteiger partial charge in [0.25, 0.3) is 0 Å². The Morgan fingerprint density at radius 1 is 0.958 bits per heavy atom. The minimum atomic E-state index is -3.11. The Hall–Kier alpha value is -0.0631. The zero-order chi connectivity index (χ0) is 18.3. The van der Waals surface area contributed by atoms with E-state index in [1.807, 2.05) is 20.8 Å². The fourth-order valence-electron chi connectivity index (χ4n) is 2.19. The first-order valence-electron chi connectivity index (χ1n) is 9.01. The number of nitrogens with zero attached hydrogens (tertiary/aromatic N) is 1.